The first-order valence-electron chi connectivity index (χ1n) is 8.99. The Morgan fingerprint density at radius 3 is 2.32 bits per heavy atom. The molecule has 4 heterocycles. The molecule has 0 unspecified atom stereocenters. The number of ether oxygens (including phenoxy) is 1. The number of hydrogen-bond acceptors (Lipinski definition) is 3. The quantitative estimate of drug-likeness (QED) is 0.778. The maximum Gasteiger partial charge on any atom is 0.245 e. The lowest BCUT2D eigenvalue weighted by Crippen LogP contribution is -2.54. The molecule has 4 saturated heterocycles. The second-order valence-corrected chi connectivity index (χ2v) is 7.29. The number of hydrogen-bond donors (Lipinski definition) is 0. The molecule has 4 atom stereocenters. The van der Waals surface area contributed by atoms with Crippen LogP contribution in [0.15, 0.2) is 0 Å². The van der Waals surface area contributed by atoms with Crippen molar-refractivity contribution in [3.8, 4) is 0 Å². The van der Waals surface area contributed by atoms with Gasteiger partial charge in [-0.05, 0) is 51.4 Å². The number of piperidine rings is 1. The molecule has 0 aromatic heterocycles. The molecule has 4 rings (SSSR count). The lowest BCUT2D eigenvalue weighted by Gasteiger charge is -2.38. The molecule has 0 aromatic carbocycles. The minimum absolute atomic E-state index is 0.00530. The van der Waals surface area contributed by atoms with Crippen LogP contribution in [0.25, 0.3) is 0 Å². The zero-order valence-electron chi connectivity index (χ0n) is 13.2. The summed E-state index contributed by atoms with van der Waals surface area (Å²) in [6.45, 7) is 2.49. The molecule has 0 radical (unpaired) electrons. The van der Waals surface area contributed by atoms with Crippen molar-refractivity contribution in [3.05, 3.63) is 0 Å². The lowest BCUT2D eigenvalue weighted by atomic mass is 9.87. The lowest BCUT2D eigenvalue weighted by molar-refractivity contribution is -0.150. The Morgan fingerprint density at radius 1 is 0.864 bits per heavy atom. The van der Waals surface area contributed by atoms with E-state index in [-0.39, 0.29) is 36.0 Å². The van der Waals surface area contributed by atoms with Crippen molar-refractivity contribution < 1.29 is 14.3 Å². The van der Waals surface area contributed by atoms with Crippen LogP contribution in [0, 0.1) is 5.92 Å². The predicted octanol–water partition coefficient (Wildman–Crippen LogP) is 1.56. The zero-order valence-corrected chi connectivity index (χ0v) is 13.2. The van der Waals surface area contributed by atoms with Crippen LogP contribution in [0.3, 0.4) is 0 Å². The van der Waals surface area contributed by atoms with Crippen LogP contribution in [-0.4, -0.2) is 59.5 Å². The van der Waals surface area contributed by atoms with Gasteiger partial charge in [0, 0.05) is 19.6 Å². The Balaban J connectivity index is 1.48. The predicted molar refractivity (Wildman–Crippen MR) is 81.2 cm³/mol. The average Bonchev–Trinajstić information content (AvgIpc) is 3.30. The van der Waals surface area contributed by atoms with Gasteiger partial charge in [-0.1, -0.05) is 0 Å². The molecule has 0 spiro atoms. The molecule has 4 fully saturated rings. The van der Waals surface area contributed by atoms with Gasteiger partial charge in [0.2, 0.25) is 11.8 Å². The molecule has 4 aliphatic rings. The number of nitrogens with zero attached hydrogens (tertiary/aromatic N) is 2. The second-order valence-electron chi connectivity index (χ2n) is 7.29. The van der Waals surface area contributed by atoms with E-state index >= 15 is 0 Å². The highest BCUT2D eigenvalue weighted by atomic mass is 16.5. The fourth-order valence-electron chi connectivity index (χ4n) is 4.71. The van der Waals surface area contributed by atoms with Gasteiger partial charge in [-0.3, -0.25) is 9.59 Å². The van der Waals surface area contributed by atoms with E-state index in [0.717, 1.165) is 71.0 Å². The van der Waals surface area contributed by atoms with Crippen LogP contribution in [-0.2, 0) is 14.3 Å². The summed E-state index contributed by atoms with van der Waals surface area (Å²) in [7, 11) is 0. The molecule has 2 amide bonds. The SMILES string of the molecule is O=C([C@H]1CCCCN1C(=O)[C@@H]1C[C@H]2CC[C@H]1O2)N1CCCC1. The van der Waals surface area contributed by atoms with E-state index in [1.807, 2.05) is 9.80 Å². The minimum atomic E-state index is -0.210. The van der Waals surface area contributed by atoms with E-state index in [1.165, 1.54) is 0 Å². The number of likely N-dealkylation sites (tertiary alicyclic amines) is 2. The van der Waals surface area contributed by atoms with Gasteiger partial charge < -0.3 is 14.5 Å². The van der Waals surface area contributed by atoms with Gasteiger partial charge in [0.25, 0.3) is 0 Å². The number of carbonyl (C=O) groups excluding carboxylic acids is 2. The van der Waals surface area contributed by atoms with Crippen LogP contribution < -0.4 is 0 Å². The Hall–Kier alpha value is -1.10. The summed E-state index contributed by atoms with van der Waals surface area (Å²) in [5.41, 5.74) is 0. The Bertz CT molecular complexity index is 461. The minimum Gasteiger partial charge on any atom is -0.374 e. The van der Waals surface area contributed by atoms with Crippen LogP contribution in [0.4, 0.5) is 0 Å². The van der Waals surface area contributed by atoms with Gasteiger partial charge in [0.05, 0.1) is 18.1 Å². The summed E-state index contributed by atoms with van der Waals surface area (Å²) >= 11 is 0. The van der Waals surface area contributed by atoms with Crippen LogP contribution in [0.5, 0.6) is 0 Å². The maximum absolute atomic E-state index is 13.0. The molecule has 0 N–H and O–H groups in total. The van der Waals surface area contributed by atoms with Gasteiger partial charge in [-0.15, -0.1) is 0 Å². The van der Waals surface area contributed by atoms with E-state index in [0.29, 0.717) is 0 Å². The Kier molecular flexibility index (Phi) is 3.84. The van der Waals surface area contributed by atoms with Crippen molar-refractivity contribution in [2.75, 3.05) is 19.6 Å². The van der Waals surface area contributed by atoms with Gasteiger partial charge in [0.1, 0.15) is 6.04 Å². The molecular formula is C17H26N2O3. The molecule has 0 aliphatic carbocycles. The molecule has 22 heavy (non-hydrogen) atoms. The number of fused-ring (bicyclic) bond motifs is 2. The highest BCUT2D eigenvalue weighted by Gasteiger charge is 2.47. The van der Waals surface area contributed by atoms with Gasteiger partial charge in [-0.2, -0.15) is 0 Å². The summed E-state index contributed by atoms with van der Waals surface area (Å²) in [6, 6.07) is -0.210. The molecule has 2 bridgehead atoms. The molecular weight excluding hydrogens is 280 g/mol. The van der Waals surface area contributed by atoms with E-state index in [9.17, 15) is 9.59 Å². The fourth-order valence-corrected chi connectivity index (χ4v) is 4.71. The molecule has 5 heteroatoms. The summed E-state index contributed by atoms with van der Waals surface area (Å²) in [5.74, 6) is 0.379. The van der Waals surface area contributed by atoms with Crippen molar-refractivity contribution in [3.63, 3.8) is 0 Å². The Labute approximate surface area is 132 Å². The largest absolute Gasteiger partial charge is 0.374 e. The van der Waals surface area contributed by atoms with E-state index in [1.54, 1.807) is 0 Å². The van der Waals surface area contributed by atoms with Crippen molar-refractivity contribution in [1.29, 1.82) is 0 Å². The molecule has 5 nitrogen and oxygen atoms in total. The van der Waals surface area contributed by atoms with Crippen molar-refractivity contribution in [1.82, 2.24) is 9.80 Å². The first-order chi connectivity index (χ1) is 10.7. The maximum atomic E-state index is 13.0. The highest BCUT2D eigenvalue weighted by molar-refractivity contribution is 5.89. The smallest absolute Gasteiger partial charge is 0.245 e. The zero-order chi connectivity index (χ0) is 15.1. The van der Waals surface area contributed by atoms with Crippen LogP contribution >= 0.6 is 0 Å². The summed E-state index contributed by atoms with van der Waals surface area (Å²) in [4.78, 5) is 29.7. The monoisotopic (exact) mass is 306 g/mol. The standard InChI is InChI=1S/C17H26N2O3/c20-16(13-11-12-6-7-15(13)22-12)19-10-2-1-5-14(19)17(21)18-8-3-4-9-18/h12-15H,1-11H2/t12-,13-,14-,15-/m1/s1. The molecule has 4 aliphatic heterocycles. The van der Waals surface area contributed by atoms with Crippen LogP contribution in [0.1, 0.15) is 51.4 Å². The van der Waals surface area contributed by atoms with Gasteiger partial charge >= 0.3 is 0 Å². The first-order valence-corrected chi connectivity index (χ1v) is 8.99. The highest BCUT2D eigenvalue weighted by Crippen LogP contribution is 2.40. The summed E-state index contributed by atoms with van der Waals surface area (Å²) in [5, 5.41) is 0. The van der Waals surface area contributed by atoms with E-state index in [4.69, 9.17) is 4.74 Å². The topological polar surface area (TPSA) is 49.9 Å². The van der Waals surface area contributed by atoms with Crippen LogP contribution in [0.2, 0.25) is 0 Å². The van der Waals surface area contributed by atoms with Gasteiger partial charge in [0.15, 0.2) is 0 Å². The third-order valence-electron chi connectivity index (χ3n) is 5.91. The van der Waals surface area contributed by atoms with Crippen molar-refractivity contribution in [2.24, 2.45) is 5.92 Å². The summed E-state index contributed by atoms with van der Waals surface area (Å²) in [6.07, 6.45) is 8.51. The third kappa shape index (κ3) is 2.43. The number of rotatable bonds is 2. The van der Waals surface area contributed by atoms with Gasteiger partial charge in [-0.25, -0.2) is 0 Å². The third-order valence-corrected chi connectivity index (χ3v) is 5.91. The normalized spacial score (nSPS) is 37.8. The Morgan fingerprint density at radius 2 is 1.64 bits per heavy atom. The molecule has 0 aromatic rings. The molecule has 122 valence electrons. The van der Waals surface area contributed by atoms with Crippen molar-refractivity contribution >= 4 is 11.8 Å². The van der Waals surface area contributed by atoms with Crippen molar-refractivity contribution in [2.45, 2.75) is 69.6 Å². The number of amides is 2. The van der Waals surface area contributed by atoms with E-state index in [2.05, 4.69) is 0 Å². The molecule has 0 saturated carbocycles. The van der Waals surface area contributed by atoms with E-state index < -0.39 is 0 Å². The second kappa shape index (κ2) is 5.84. The fraction of sp³-hybridized carbons (Fsp3) is 0.882. The summed E-state index contributed by atoms with van der Waals surface area (Å²) < 4.78 is 5.85. The first kappa shape index (κ1) is 14.5. The average molecular weight is 306 g/mol. The number of carbonyl (C=O) groups is 2.